The molecule has 0 saturated heterocycles. The molecule has 8 nitrogen and oxygen atoms in total. The van der Waals surface area contributed by atoms with Crippen LogP contribution in [0.25, 0.3) is 10.8 Å². The lowest BCUT2D eigenvalue weighted by molar-refractivity contribution is -0.150. The number of ether oxygens (including phenoxy) is 2. The molecule has 0 fully saturated rings. The van der Waals surface area contributed by atoms with E-state index in [1.165, 1.54) is 13.2 Å². The number of carbonyl (C=O) groups excluding carboxylic acids is 1. The number of carboxylic acid groups (broad SMARTS) is 1. The van der Waals surface area contributed by atoms with E-state index in [9.17, 15) is 30.0 Å². The van der Waals surface area contributed by atoms with Gasteiger partial charge in [0.15, 0.2) is 11.7 Å². The number of aliphatic carboxylic acids is 1. The third-order valence-corrected chi connectivity index (χ3v) is 6.75. The van der Waals surface area contributed by atoms with Gasteiger partial charge in [-0.15, -0.1) is 0 Å². The van der Waals surface area contributed by atoms with Crippen LogP contribution in [0.5, 0.6) is 17.2 Å². The second-order valence-corrected chi connectivity index (χ2v) is 8.67. The van der Waals surface area contributed by atoms with Crippen LogP contribution < -0.4 is 4.74 Å². The van der Waals surface area contributed by atoms with Crippen LogP contribution in [0, 0.1) is 6.92 Å². The third-order valence-electron chi connectivity index (χ3n) is 6.75. The molecule has 0 bridgehead atoms. The van der Waals surface area contributed by atoms with E-state index >= 15 is 0 Å². The topological polar surface area (TPSA) is 134 Å². The third kappa shape index (κ3) is 2.23. The molecule has 0 aromatic heterocycles. The molecule has 8 heteroatoms. The first-order chi connectivity index (χ1) is 13.9. The SMILES string of the molecule is CO[C@]1(C[C@@H](O)C(=O)O)C(=O)c2c(O)c3c(c4c(C)cc(O)c1c24)O[C@@H](C)C3(C)C. The maximum Gasteiger partial charge on any atom is 0.332 e. The van der Waals surface area contributed by atoms with E-state index in [0.29, 0.717) is 22.3 Å². The highest BCUT2D eigenvalue weighted by Gasteiger charge is 2.56. The Bertz CT molecular complexity index is 1130. The van der Waals surface area contributed by atoms with Gasteiger partial charge in [0, 0.05) is 40.8 Å². The lowest BCUT2D eigenvalue weighted by Crippen LogP contribution is -2.40. The number of hydrogen-bond acceptors (Lipinski definition) is 7. The van der Waals surface area contributed by atoms with Crippen LogP contribution in [-0.4, -0.2) is 51.5 Å². The standard InChI is InChI=1S/C22H24O8/c1-8-6-10(23)15-13-12(8)18-16(21(3,4)9(2)30-18)17(25)14(13)19(26)22(15,29-5)7-11(24)20(27)28/h6,9,11,23-25H,7H2,1-5H3,(H,27,28)/t9-,11+,22-/m0/s1. The van der Waals surface area contributed by atoms with Crippen LogP contribution in [0.1, 0.15) is 54.2 Å². The lowest BCUT2D eigenvalue weighted by atomic mass is 9.79. The molecule has 1 heterocycles. The zero-order valence-corrected chi connectivity index (χ0v) is 17.4. The van der Waals surface area contributed by atoms with Crippen molar-refractivity contribution in [3.05, 3.63) is 28.3 Å². The quantitative estimate of drug-likeness (QED) is 0.597. The Morgan fingerprint density at radius 3 is 2.47 bits per heavy atom. The molecule has 3 atom stereocenters. The van der Waals surface area contributed by atoms with Crippen LogP contribution in [0.2, 0.25) is 0 Å². The molecule has 160 valence electrons. The highest BCUT2D eigenvalue weighted by molar-refractivity contribution is 6.24. The molecule has 4 rings (SSSR count). The number of aliphatic hydroxyl groups excluding tert-OH is 1. The van der Waals surface area contributed by atoms with Gasteiger partial charge in [-0.05, 0) is 25.5 Å². The maximum atomic E-state index is 13.6. The van der Waals surface area contributed by atoms with E-state index in [2.05, 4.69) is 0 Å². The van der Waals surface area contributed by atoms with Crippen LogP contribution in [0.4, 0.5) is 0 Å². The van der Waals surface area contributed by atoms with Gasteiger partial charge >= 0.3 is 5.97 Å². The van der Waals surface area contributed by atoms with Crippen molar-refractivity contribution in [1.29, 1.82) is 0 Å². The van der Waals surface area contributed by atoms with Gasteiger partial charge in [-0.2, -0.15) is 0 Å². The molecule has 0 unspecified atom stereocenters. The van der Waals surface area contributed by atoms with Crippen LogP contribution >= 0.6 is 0 Å². The van der Waals surface area contributed by atoms with E-state index in [0.717, 1.165) is 0 Å². The number of methoxy groups -OCH3 is 1. The minimum Gasteiger partial charge on any atom is -0.508 e. The summed E-state index contributed by atoms with van der Waals surface area (Å²) in [5, 5.41) is 42.0. The van der Waals surface area contributed by atoms with E-state index in [4.69, 9.17) is 9.47 Å². The number of carboxylic acids is 1. The predicted molar refractivity (Wildman–Crippen MR) is 106 cm³/mol. The number of fused-ring (bicyclic) bond motifs is 2. The number of phenolic OH excluding ortho intramolecular Hbond substituents is 2. The molecule has 2 aromatic rings. The largest absolute Gasteiger partial charge is 0.508 e. The van der Waals surface area contributed by atoms with E-state index in [-0.39, 0.29) is 34.1 Å². The Balaban J connectivity index is 2.16. The van der Waals surface area contributed by atoms with E-state index < -0.39 is 35.3 Å². The van der Waals surface area contributed by atoms with E-state index in [1.807, 2.05) is 20.8 Å². The number of benzene rings is 2. The number of aliphatic hydroxyl groups is 1. The van der Waals surface area contributed by atoms with Gasteiger partial charge < -0.3 is 29.9 Å². The van der Waals surface area contributed by atoms with Crippen molar-refractivity contribution >= 4 is 22.5 Å². The normalized spacial score (nSPS) is 24.7. The Hall–Kier alpha value is -2.84. The number of aromatic hydroxyl groups is 2. The monoisotopic (exact) mass is 416 g/mol. The van der Waals surface area contributed by atoms with Crippen molar-refractivity contribution in [2.75, 3.05) is 7.11 Å². The number of Topliss-reactive ketones (excluding diaryl/α,β-unsaturated/α-hetero) is 1. The number of ketones is 1. The highest BCUT2D eigenvalue weighted by Crippen LogP contribution is 2.60. The van der Waals surface area contributed by atoms with Gasteiger partial charge in [0.05, 0.1) is 5.56 Å². The minimum absolute atomic E-state index is 0.0324. The Morgan fingerprint density at radius 1 is 1.27 bits per heavy atom. The van der Waals surface area contributed by atoms with Crippen molar-refractivity contribution in [2.45, 2.75) is 57.3 Å². The molecule has 0 spiro atoms. The second-order valence-electron chi connectivity index (χ2n) is 8.67. The van der Waals surface area contributed by atoms with Gasteiger partial charge in [-0.25, -0.2) is 4.79 Å². The second kappa shape index (κ2) is 6.09. The first kappa shape index (κ1) is 20.4. The maximum absolute atomic E-state index is 13.6. The summed E-state index contributed by atoms with van der Waals surface area (Å²) in [6.45, 7) is 7.42. The summed E-state index contributed by atoms with van der Waals surface area (Å²) in [5.41, 5.74) is -1.47. The summed E-state index contributed by atoms with van der Waals surface area (Å²) in [6.07, 6.45) is -2.81. The fourth-order valence-electron chi connectivity index (χ4n) is 4.84. The Kier molecular flexibility index (Phi) is 4.15. The number of aryl methyl sites for hydroxylation is 1. The van der Waals surface area contributed by atoms with Crippen LogP contribution in [0.15, 0.2) is 6.07 Å². The van der Waals surface area contributed by atoms with Gasteiger partial charge in [0.25, 0.3) is 0 Å². The fourth-order valence-corrected chi connectivity index (χ4v) is 4.84. The number of carbonyl (C=O) groups is 2. The minimum atomic E-state index is -1.96. The summed E-state index contributed by atoms with van der Waals surface area (Å²) in [4.78, 5) is 24.9. The first-order valence-electron chi connectivity index (χ1n) is 9.63. The van der Waals surface area contributed by atoms with E-state index in [1.54, 1.807) is 6.92 Å². The number of phenols is 2. The molecule has 1 aliphatic carbocycles. The molecular weight excluding hydrogens is 392 g/mol. The highest BCUT2D eigenvalue weighted by atomic mass is 16.5. The Morgan fingerprint density at radius 2 is 1.90 bits per heavy atom. The molecule has 2 aliphatic rings. The summed E-state index contributed by atoms with van der Waals surface area (Å²) in [6, 6.07) is 1.46. The van der Waals surface area contributed by atoms with Gasteiger partial charge in [-0.3, -0.25) is 4.79 Å². The molecule has 4 N–H and O–H groups in total. The fraction of sp³-hybridized carbons (Fsp3) is 0.455. The molecule has 0 amide bonds. The summed E-state index contributed by atoms with van der Waals surface area (Å²) >= 11 is 0. The van der Waals surface area contributed by atoms with Crippen LogP contribution in [-0.2, 0) is 20.5 Å². The molecule has 0 radical (unpaired) electrons. The number of hydrogen-bond donors (Lipinski definition) is 4. The lowest BCUT2D eigenvalue weighted by Gasteiger charge is -2.29. The zero-order valence-electron chi connectivity index (χ0n) is 17.4. The van der Waals surface area contributed by atoms with Gasteiger partial charge in [-0.1, -0.05) is 13.8 Å². The molecule has 30 heavy (non-hydrogen) atoms. The van der Waals surface area contributed by atoms with Gasteiger partial charge in [0.2, 0.25) is 5.78 Å². The summed E-state index contributed by atoms with van der Waals surface area (Å²) < 4.78 is 11.6. The predicted octanol–water partition coefficient (Wildman–Crippen LogP) is 2.49. The van der Waals surface area contributed by atoms with Crippen molar-refractivity contribution in [1.82, 2.24) is 0 Å². The molecule has 0 saturated carbocycles. The average Bonchev–Trinajstić information content (AvgIpc) is 3.04. The average molecular weight is 416 g/mol. The molecular formula is C22H24O8. The molecule has 1 aliphatic heterocycles. The summed E-state index contributed by atoms with van der Waals surface area (Å²) in [7, 11) is 1.21. The number of rotatable bonds is 4. The smallest absolute Gasteiger partial charge is 0.332 e. The van der Waals surface area contributed by atoms with Crippen molar-refractivity contribution in [3.63, 3.8) is 0 Å². The van der Waals surface area contributed by atoms with Gasteiger partial charge in [0.1, 0.15) is 23.4 Å². The van der Waals surface area contributed by atoms with Crippen molar-refractivity contribution in [3.8, 4) is 17.2 Å². The zero-order chi connectivity index (χ0) is 22.3. The molecule has 2 aromatic carbocycles. The van der Waals surface area contributed by atoms with Crippen LogP contribution in [0.3, 0.4) is 0 Å². The summed E-state index contributed by atoms with van der Waals surface area (Å²) in [5.74, 6) is -2.35. The first-order valence-corrected chi connectivity index (χ1v) is 9.63. The Labute approximate surface area is 172 Å². The van der Waals surface area contributed by atoms with Crippen molar-refractivity contribution < 1.29 is 39.5 Å². The van der Waals surface area contributed by atoms with Crippen molar-refractivity contribution in [2.24, 2.45) is 0 Å².